The second kappa shape index (κ2) is 9.99. The minimum absolute atomic E-state index is 0.0873. The Morgan fingerprint density at radius 3 is 2.56 bits per heavy atom. The van der Waals surface area contributed by atoms with Crippen molar-refractivity contribution >= 4 is 40.0 Å². The van der Waals surface area contributed by atoms with Crippen molar-refractivity contribution in [2.75, 3.05) is 12.4 Å². The third-order valence-corrected chi connectivity index (χ3v) is 5.04. The van der Waals surface area contributed by atoms with Crippen LogP contribution < -0.4 is 19.7 Å². The molecule has 0 aliphatic carbocycles. The number of aryl methyl sites for hydroxylation is 1. The summed E-state index contributed by atoms with van der Waals surface area (Å²) in [4.78, 5) is 10.9. The van der Waals surface area contributed by atoms with Crippen molar-refractivity contribution in [2.24, 2.45) is 0 Å². The molecule has 164 valence electrons. The largest absolute Gasteiger partial charge is 0.867 e. The van der Waals surface area contributed by atoms with Gasteiger partial charge in [0.25, 0.3) is 5.69 Å². The Morgan fingerprint density at radius 2 is 1.94 bits per heavy atom. The zero-order valence-electron chi connectivity index (χ0n) is 17.4. The summed E-state index contributed by atoms with van der Waals surface area (Å²) in [6.45, 7) is 1.38. The molecule has 1 aromatic heterocycles. The van der Waals surface area contributed by atoms with Crippen LogP contribution >= 0.6 is 12.2 Å². The summed E-state index contributed by atoms with van der Waals surface area (Å²) >= 11 is 5.55. The average Bonchev–Trinajstić information content (AvgIpc) is 2.80. The van der Waals surface area contributed by atoms with Gasteiger partial charge in [-0.3, -0.25) is 10.1 Å². The van der Waals surface area contributed by atoms with Crippen LogP contribution in [0.25, 0.3) is 11.5 Å². The van der Waals surface area contributed by atoms with Crippen molar-refractivity contribution in [1.29, 1.82) is 0 Å². The number of nitrogens with one attached hydrogen (secondary N) is 1. The maximum Gasteiger partial charge on any atom is 0.272 e. The topological polar surface area (TPSA) is 112 Å². The Hall–Kier alpha value is -3.82. The molecule has 32 heavy (non-hydrogen) atoms. The molecule has 0 unspecified atom stereocenters. The van der Waals surface area contributed by atoms with Gasteiger partial charge in [-0.1, -0.05) is 24.4 Å². The number of pyridine rings is 1. The van der Waals surface area contributed by atoms with Crippen LogP contribution in [0.3, 0.4) is 0 Å². The Labute approximate surface area is 190 Å². The van der Waals surface area contributed by atoms with E-state index in [4.69, 9.17) is 17.0 Å². The number of nitro benzene ring substituents is 1. The number of hydrogen-bond donors (Lipinski definition) is 2. The summed E-state index contributed by atoms with van der Waals surface area (Å²) in [6.07, 6.45) is 3.20. The first kappa shape index (κ1) is 22.9. The summed E-state index contributed by atoms with van der Waals surface area (Å²) in [5.41, 5.74) is 1.71. The van der Waals surface area contributed by atoms with E-state index >= 15 is 0 Å². The van der Waals surface area contributed by atoms with Gasteiger partial charge in [-0.2, -0.15) is 4.57 Å². The van der Waals surface area contributed by atoms with E-state index in [9.17, 15) is 20.3 Å². The van der Waals surface area contributed by atoms with Gasteiger partial charge in [0.1, 0.15) is 5.75 Å². The van der Waals surface area contributed by atoms with Crippen molar-refractivity contribution in [3.05, 3.63) is 93.8 Å². The van der Waals surface area contributed by atoms with E-state index in [1.165, 1.54) is 22.8 Å². The third-order valence-electron chi connectivity index (χ3n) is 4.75. The minimum atomic E-state index is -0.529. The summed E-state index contributed by atoms with van der Waals surface area (Å²) < 4.78 is 6.65. The third kappa shape index (κ3) is 5.08. The number of nitrogens with zero attached hydrogens (tertiary/aromatic N) is 2. The molecule has 0 spiro atoms. The molecule has 0 saturated carbocycles. The number of nitro groups is 1. The van der Waals surface area contributed by atoms with E-state index in [0.717, 1.165) is 0 Å². The van der Waals surface area contributed by atoms with Crippen molar-refractivity contribution < 1.29 is 24.4 Å². The van der Waals surface area contributed by atoms with E-state index in [-0.39, 0.29) is 28.5 Å². The van der Waals surface area contributed by atoms with E-state index < -0.39 is 10.7 Å². The number of hydrogen-bond acceptors (Lipinski definition) is 6. The molecule has 0 fully saturated rings. The molecule has 2 N–H and O–H groups in total. The lowest BCUT2D eigenvalue weighted by Crippen LogP contribution is -2.40. The second-order valence-electron chi connectivity index (χ2n) is 6.90. The lowest BCUT2D eigenvalue weighted by atomic mass is 10.1. The normalized spacial score (nSPS) is 11.5. The van der Waals surface area contributed by atoms with Crippen LogP contribution in [0.2, 0.25) is 0 Å². The van der Waals surface area contributed by atoms with Crippen LogP contribution in [0.4, 0.5) is 11.4 Å². The van der Waals surface area contributed by atoms with Crippen LogP contribution in [-0.4, -0.2) is 22.1 Å². The summed E-state index contributed by atoms with van der Waals surface area (Å²) in [5.74, 6) is 0.165. The molecular weight excluding hydrogens is 430 g/mol. The first-order chi connectivity index (χ1) is 15.3. The van der Waals surface area contributed by atoms with Crippen LogP contribution in [-0.2, 0) is 6.61 Å². The first-order valence-corrected chi connectivity index (χ1v) is 9.98. The average molecular weight is 452 g/mol. The van der Waals surface area contributed by atoms with E-state index in [1.807, 2.05) is 0 Å². The van der Waals surface area contributed by atoms with Gasteiger partial charge >= 0.3 is 0 Å². The number of thiocarbonyl (C=S) groups is 1. The molecule has 1 heterocycles. The van der Waals surface area contributed by atoms with E-state index in [1.54, 1.807) is 62.8 Å². The van der Waals surface area contributed by atoms with Gasteiger partial charge in [0.05, 0.1) is 18.6 Å². The molecule has 8 nitrogen and oxygen atoms in total. The SMILES string of the molecule is COc1ccc(NC(=S)/C(=C(\[O-])c2ccc(C)c([N+](=O)[O-])c2)[n+]2cccc(CO)c2)cc1. The fourth-order valence-corrected chi connectivity index (χ4v) is 3.36. The lowest BCUT2D eigenvalue weighted by molar-refractivity contribution is -0.578. The highest BCUT2D eigenvalue weighted by Crippen LogP contribution is 2.24. The van der Waals surface area contributed by atoms with Crippen molar-refractivity contribution in [1.82, 2.24) is 0 Å². The van der Waals surface area contributed by atoms with Crippen molar-refractivity contribution in [2.45, 2.75) is 13.5 Å². The highest BCUT2D eigenvalue weighted by atomic mass is 32.1. The Balaban J connectivity index is 2.12. The highest BCUT2D eigenvalue weighted by Gasteiger charge is 2.21. The fraction of sp³-hybridized carbons (Fsp3) is 0.130. The molecule has 2 aromatic carbocycles. The summed E-state index contributed by atoms with van der Waals surface area (Å²) in [6, 6.07) is 14.7. The Kier molecular flexibility index (Phi) is 7.14. The maximum atomic E-state index is 13.5. The van der Waals surface area contributed by atoms with Gasteiger partial charge in [0.15, 0.2) is 17.4 Å². The number of aliphatic hydroxyl groups is 1. The monoisotopic (exact) mass is 451 g/mol. The Bertz CT molecular complexity index is 1190. The molecule has 0 aliphatic heterocycles. The minimum Gasteiger partial charge on any atom is -0.867 e. The molecule has 0 amide bonds. The number of aromatic nitrogens is 1. The van der Waals surface area contributed by atoms with Crippen LogP contribution in [0.1, 0.15) is 16.7 Å². The summed E-state index contributed by atoms with van der Waals surface area (Å²) in [7, 11) is 1.56. The molecule has 3 aromatic rings. The standard InChI is InChI=1S/C23H21N3O5S/c1-15-5-6-17(12-20(15)26(29)30)22(28)21(25-11-3-4-16(13-25)14-27)23(32)24-18-7-9-19(31-2)10-8-18/h3-13,27H,14H2,1-2H3,(H-,24,28,32). The highest BCUT2D eigenvalue weighted by molar-refractivity contribution is 7.81. The molecule has 0 radical (unpaired) electrons. The maximum absolute atomic E-state index is 13.5. The lowest BCUT2D eigenvalue weighted by Gasteiger charge is -2.17. The van der Waals surface area contributed by atoms with E-state index in [2.05, 4.69) is 5.32 Å². The summed E-state index contributed by atoms with van der Waals surface area (Å²) in [5, 5.41) is 37.4. The van der Waals surface area contributed by atoms with Crippen molar-refractivity contribution in [3.8, 4) is 5.75 Å². The van der Waals surface area contributed by atoms with Gasteiger partial charge in [0, 0.05) is 28.9 Å². The van der Waals surface area contributed by atoms with Gasteiger partial charge < -0.3 is 20.3 Å². The number of rotatable bonds is 7. The molecule has 0 atom stereocenters. The molecular formula is C23H21N3O5S. The van der Waals surface area contributed by atoms with Crippen LogP contribution in [0.15, 0.2) is 67.0 Å². The molecule has 9 heteroatoms. The molecule has 0 saturated heterocycles. The van der Waals surface area contributed by atoms with Crippen LogP contribution in [0, 0.1) is 17.0 Å². The molecule has 3 rings (SSSR count). The molecule has 0 bridgehead atoms. The number of methoxy groups -OCH3 is 1. The predicted molar refractivity (Wildman–Crippen MR) is 123 cm³/mol. The predicted octanol–water partition coefficient (Wildman–Crippen LogP) is 2.82. The fourth-order valence-electron chi connectivity index (χ4n) is 3.04. The van der Waals surface area contributed by atoms with Crippen LogP contribution in [0.5, 0.6) is 5.75 Å². The van der Waals surface area contributed by atoms with Gasteiger partial charge in [-0.05, 0) is 48.6 Å². The van der Waals surface area contributed by atoms with Gasteiger partial charge in [-0.25, -0.2) is 0 Å². The van der Waals surface area contributed by atoms with Gasteiger partial charge in [0.2, 0.25) is 5.70 Å². The number of anilines is 1. The number of benzene rings is 2. The second-order valence-corrected chi connectivity index (χ2v) is 7.30. The van der Waals surface area contributed by atoms with Gasteiger partial charge in [-0.15, -0.1) is 0 Å². The van der Waals surface area contributed by atoms with E-state index in [0.29, 0.717) is 22.6 Å². The number of ether oxygens (including phenoxy) is 1. The quantitative estimate of drug-likeness (QED) is 0.142. The van der Waals surface area contributed by atoms with Crippen molar-refractivity contribution in [3.63, 3.8) is 0 Å². The number of aliphatic hydroxyl groups excluding tert-OH is 1. The zero-order valence-corrected chi connectivity index (χ0v) is 18.3. The Morgan fingerprint density at radius 1 is 1.22 bits per heavy atom. The zero-order chi connectivity index (χ0) is 23.3. The first-order valence-electron chi connectivity index (χ1n) is 9.57. The molecule has 0 aliphatic rings. The smallest absolute Gasteiger partial charge is 0.272 e.